The summed E-state index contributed by atoms with van der Waals surface area (Å²) in [6, 6.07) is 25.2. The highest BCUT2D eigenvalue weighted by Crippen LogP contribution is 2.41. The Morgan fingerprint density at radius 3 is 2.10 bits per heavy atom. The molecule has 5 rings (SSSR count). The highest BCUT2D eigenvalue weighted by Gasteiger charge is 2.48. The van der Waals surface area contributed by atoms with Gasteiger partial charge in [-0.1, -0.05) is 92.6 Å². The van der Waals surface area contributed by atoms with Crippen molar-refractivity contribution in [2.24, 2.45) is 5.41 Å². The number of nitrogens with zero attached hydrogens (tertiary/aromatic N) is 2. The van der Waals surface area contributed by atoms with E-state index >= 15 is 0 Å². The maximum Gasteiger partial charge on any atom is 0.326 e. The molecule has 3 aromatic rings. The van der Waals surface area contributed by atoms with Crippen molar-refractivity contribution in [1.29, 1.82) is 0 Å². The first-order valence-corrected chi connectivity index (χ1v) is 18.2. The van der Waals surface area contributed by atoms with Gasteiger partial charge in [-0.3, -0.25) is 24.1 Å². The van der Waals surface area contributed by atoms with Crippen molar-refractivity contribution in [3.05, 3.63) is 102 Å². The number of carboxylic acids is 1. The molecule has 0 spiro atoms. The number of amides is 4. The molecule has 51 heavy (non-hydrogen) atoms. The molecule has 1 saturated heterocycles. The summed E-state index contributed by atoms with van der Waals surface area (Å²) >= 11 is 0. The maximum atomic E-state index is 14.4. The predicted molar refractivity (Wildman–Crippen MR) is 196 cm³/mol. The lowest BCUT2D eigenvalue weighted by Crippen LogP contribution is -2.49. The Balaban J connectivity index is 1.38. The first-order chi connectivity index (χ1) is 24.6. The van der Waals surface area contributed by atoms with Crippen molar-refractivity contribution in [3.8, 4) is 0 Å². The van der Waals surface area contributed by atoms with Crippen LogP contribution in [0.3, 0.4) is 0 Å². The van der Waals surface area contributed by atoms with Gasteiger partial charge in [-0.05, 0) is 67.3 Å². The number of benzene rings is 3. The molecule has 3 N–H and O–H groups in total. The number of hydrogen-bond acceptors (Lipinski definition) is 5. The monoisotopic (exact) mass is 694 g/mol. The lowest BCUT2D eigenvalue weighted by Gasteiger charge is -2.32. The van der Waals surface area contributed by atoms with Crippen molar-refractivity contribution in [2.45, 2.75) is 103 Å². The quantitative estimate of drug-likeness (QED) is 0.183. The molecule has 3 aromatic carbocycles. The van der Waals surface area contributed by atoms with E-state index in [0.29, 0.717) is 69.2 Å². The molecule has 1 aliphatic heterocycles. The van der Waals surface area contributed by atoms with Gasteiger partial charge in [0.1, 0.15) is 18.2 Å². The molecular weight excluding hydrogens is 644 g/mol. The van der Waals surface area contributed by atoms with E-state index < -0.39 is 29.6 Å². The van der Waals surface area contributed by atoms with E-state index in [0.717, 1.165) is 24.0 Å². The number of carbonyl (C=O) groups is 5. The third kappa shape index (κ3) is 9.22. The van der Waals surface area contributed by atoms with Crippen LogP contribution in [0.5, 0.6) is 0 Å². The first-order valence-electron chi connectivity index (χ1n) is 18.2. The topological polar surface area (TPSA) is 136 Å². The van der Waals surface area contributed by atoms with Gasteiger partial charge in [0.25, 0.3) is 5.91 Å². The Morgan fingerprint density at radius 2 is 1.51 bits per heavy atom. The van der Waals surface area contributed by atoms with Gasteiger partial charge in [-0.15, -0.1) is 0 Å². The highest BCUT2D eigenvalue weighted by atomic mass is 16.4. The average molecular weight is 695 g/mol. The van der Waals surface area contributed by atoms with Gasteiger partial charge in [0, 0.05) is 38.4 Å². The molecule has 3 unspecified atom stereocenters. The fourth-order valence-corrected chi connectivity index (χ4v) is 7.63. The number of hydrogen-bond donors (Lipinski definition) is 3. The zero-order chi connectivity index (χ0) is 36.4. The van der Waals surface area contributed by atoms with Crippen LogP contribution >= 0.6 is 0 Å². The van der Waals surface area contributed by atoms with E-state index in [2.05, 4.69) is 10.6 Å². The number of aryl methyl sites for hydroxylation is 1. The summed E-state index contributed by atoms with van der Waals surface area (Å²) in [6.07, 6.45) is 5.70. The fourth-order valence-electron chi connectivity index (χ4n) is 7.63. The van der Waals surface area contributed by atoms with Gasteiger partial charge in [-0.2, -0.15) is 0 Å². The molecule has 0 bridgehead atoms. The maximum absolute atomic E-state index is 14.4. The van der Waals surface area contributed by atoms with Crippen molar-refractivity contribution in [1.82, 2.24) is 15.5 Å². The Kier molecular flexibility index (Phi) is 12.6. The Bertz CT molecular complexity index is 1660. The molecule has 1 saturated carbocycles. The number of carboxylic acid groups (broad SMARTS) is 1. The summed E-state index contributed by atoms with van der Waals surface area (Å²) in [5.41, 5.74) is 2.71. The van der Waals surface area contributed by atoms with Gasteiger partial charge in [0.2, 0.25) is 17.7 Å². The summed E-state index contributed by atoms with van der Waals surface area (Å²) in [6.45, 7) is 3.75. The second-order valence-electron chi connectivity index (χ2n) is 13.9. The number of anilines is 1. The molecule has 3 atom stereocenters. The molecule has 4 amide bonds. The standard InChI is InChI=1S/C41H50N4O6/c1-3-12-37(47)45-35(28-31-15-8-5-9-16-31)38(48)44(36(45)22-19-30-13-6-4-7-14-30)33-20-17-32(18-21-33)27-34(39(49)50)43-40(51)41(23-10-11-24-41)25-26-42-29(2)46/h4-9,13-18,20-21,34-36H,3,10-12,19,22-28H2,1-2H3,(H,42,46)(H,43,51)(H,49,50). The van der Waals surface area contributed by atoms with Crippen molar-refractivity contribution >= 4 is 35.3 Å². The molecule has 10 heteroatoms. The zero-order valence-electron chi connectivity index (χ0n) is 29.7. The number of aliphatic carboxylic acids is 1. The van der Waals surface area contributed by atoms with Crippen LogP contribution < -0.4 is 15.5 Å². The lowest BCUT2D eigenvalue weighted by atomic mass is 9.81. The van der Waals surface area contributed by atoms with E-state index in [1.807, 2.05) is 79.7 Å². The normalized spacial score (nSPS) is 18.7. The SMILES string of the molecule is CCCC(=O)N1C(Cc2ccccc2)C(=O)N(c2ccc(CC(NC(=O)C3(CCNC(C)=O)CCCC3)C(=O)O)cc2)C1CCc1ccccc1. The van der Waals surface area contributed by atoms with E-state index in [1.165, 1.54) is 6.92 Å². The summed E-state index contributed by atoms with van der Waals surface area (Å²) in [7, 11) is 0. The van der Waals surface area contributed by atoms with Crippen molar-refractivity contribution < 1.29 is 29.1 Å². The third-order valence-corrected chi connectivity index (χ3v) is 10.3. The molecule has 1 aliphatic carbocycles. The first kappa shape index (κ1) is 37.3. The van der Waals surface area contributed by atoms with Gasteiger partial charge in [-0.25, -0.2) is 4.79 Å². The van der Waals surface area contributed by atoms with E-state index in [1.54, 1.807) is 21.9 Å². The molecule has 0 radical (unpaired) electrons. The minimum Gasteiger partial charge on any atom is -0.480 e. The van der Waals surface area contributed by atoms with Crippen LogP contribution in [-0.2, 0) is 43.2 Å². The van der Waals surface area contributed by atoms with Gasteiger partial charge < -0.3 is 20.6 Å². The Labute approximate surface area is 300 Å². The second-order valence-corrected chi connectivity index (χ2v) is 13.9. The summed E-state index contributed by atoms with van der Waals surface area (Å²) in [5.74, 6) is -1.79. The number of carbonyl (C=O) groups excluding carboxylic acids is 4. The number of rotatable bonds is 16. The van der Waals surface area contributed by atoms with E-state index in [4.69, 9.17) is 0 Å². The lowest BCUT2D eigenvalue weighted by molar-refractivity contribution is -0.144. The fraction of sp³-hybridized carbons (Fsp3) is 0.439. The van der Waals surface area contributed by atoms with Gasteiger partial charge >= 0.3 is 5.97 Å². The minimum atomic E-state index is -1.15. The van der Waals surface area contributed by atoms with Gasteiger partial charge in [0.15, 0.2) is 0 Å². The Hall–Kier alpha value is -4.99. The van der Waals surface area contributed by atoms with Gasteiger partial charge in [0.05, 0.1) is 5.41 Å². The van der Waals surface area contributed by atoms with Crippen molar-refractivity contribution in [3.63, 3.8) is 0 Å². The van der Waals surface area contributed by atoms with E-state index in [9.17, 15) is 29.1 Å². The largest absolute Gasteiger partial charge is 0.480 e. The van der Waals surface area contributed by atoms with Crippen LogP contribution in [-0.4, -0.2) is 64.4 Å². The average Bonchev–Trinajstić information content (AvgIpc) is 3.71. The van der Waals surface area contributed by atoms with Crippen LogP contribution in [0, 0.1) is 5.41 Å². The predicted octanol–water partition coefficient (Wildman–Crippen LogP) is 5.43. The van der Waals surface area contributed by atoms with Crippen LogP contribution in [0.15, 0.2) is 84.9 Å². The Morgan fingerprint density at radius 1 is 0.882 bits per heavy atom. The second kappa shape index (κ2) is 17.3. The van der Waals surface area contributed by atoms with Crippen LogP contribution in [0.2, 0.25) is 0 Å². The zero-order valence-corrected chi connectivity index (χ0v) is 29.7. The highest BCUT2D eigenvalue weighted by molar-refractivity contribution is 6.03. The molecular formula is C41H50N4O6. The third-order valence-electron chi connectivity index (χ3n) is 10.3. The summed E-state index contributed by atoms with van der Waals surface area (Å²) in [5, 5.41) is 15.7. The van der Waals surface area contributed by atoms with Crippen molar-refractivity contribution in [2.75, 3.05) is 11.4 Å². The van der Waals surface area contributed by atoms with Crippen LogP contribution in [0.4, 0.5) is 5.69 Å². The molecule has 2 fully saturated rings. The minimum absolute atomic E-state index is 0.0545. The van der Waals surface area contributed by atoms with E-state index in [-0.39, 0.29) is 30.0 Å². The summed E-state index contributed by atoms with van der Waals surface area (Å²) < 4.78 is 0. The molecule has 10 nitrogen and oxygen atoms in total. The smallest absolute Gasteiger partial charge is 0.326 e. The summed E-state index contributed by atoms with van der Waals surface area (Å²) in [4.78, 5) is 69.0. The molecule has 1 heterocycles. The molecule has 0 aromatic heterocycles. The van der Waals surface area contributed by atoms with Crippen LogP contribution in [0.1, 0.15) is 81.9 Å². The number of nitrogens with one attached hydrogen (secondary N) is 2. The van der Waals surface area contributed by atoms with Crippen LogP contribution in [0.25, 0.3) is 0 Å². The molecule has 270 valence electrons. The molecule has 2 aliphatic rings.